The molecular weight excluding hydrogens is 370 g/mol. The smallest absolute Gasteiger partial charge is 0.289 e. The van der Waals surface area contributed by atoms with Gasteiger partial charge in [-0.05, 0) is 55.2 Å². The predicted molar refractivity (Wildman–Crippen MR) is 88.3 cm³/mol. The summed E-state index contributed by atoms with van der Waals surface area (Å²) in [6.45, 7) is 1.87. The van der Waals surface area contributed by atoms with Crippen molar-refractivity contribution in [2.24, 2.45) is 0 Å². The van der Waals surface area contributed by atoms with E-state index >= 15 is 0 Å². The molecule has 2 aromatic rings. The van der Waals surface area contributed by atoms with Gasteiger partial charge in [-0.1, -0.05) is 23.8 Å². The Morgan fingerprint density at radius 2 is 1.44 bits per heavy atom. The number of aryl methyl sites for hydroxylation is 2. The van der Waals surface area contributed by atoms with Crippen LogP contribution in [0.1, 0.15) is 44.6 Å². The maximum atomic E-state index is 13.0. The maximum absolute atomic E-state index is 13.0. The van der Waals surface area contributed by atoms with Crippen molar-refractivity contribution >= 4 is 11.9 Å². The molecule has 0 spiro atoms. The van der Waals surface area contributed by atoms with Crippen LogP contribution in [0.5, 0.6) is 0 Å². The SMILES string of the molecule is Cc1ccc2c(c1)CC/C(=C\c1cc(C(F)(F)F)cc(C(F)(F)F)c1)C2=O. The number of halogens is 6. The second-order valence-electron chi connectivity index (χ2n) is 6.50. The molecule has 1 aliphatic rings. The molecule has 3 rings (SSSR count). The third-order valence-electron chi connectivity index (χ3n) is 4.41. The van der Waals surface area contributed by atoms with E-state index in [1.165, 1.54) is 0 Å². The monoisotopic (exact) mass is 384 g/mol. The summed E-state index contributed by atoms with van der Waals surface area (Å²) < 4.78 is 77.8. The van der Waals surface area contributed by atoms with Crippen molar-refractivity contribution < 1.29 is 31.1 Å². The van der Waals surface area contributed by atoms with Crippen molar-refractivity contribution in [1.82, 2.24) is 0 Å². The van der Waals surface area contributed by atoms with Gasteiger partial charge in [-0.25, -0.2) is 0 Å². The number of allylic oxidation sites excluding steroid dienone is 1. The van der Waals surface area contributed by atoms with Crippen LogP contribution in [-0.4, -0.2) is 5.78 Å². The van der Waals surface area contributed by atoms with E-state index in [2.05, 4.69) is 0 Å². The van der Waals surface area contributed by atoms with Gasteiger partial charge in [-0.2, -0.15) is 26.3 Å². The normalized spacial score (nSPS) is 16.6. The van der Waals surface area contributed by atoms with Gasteiger partial charge in [0.2, 0.25) is 0 Å². The van der Waals surface area contributed by atoms with Crippen molar-refractivity contribution in [2.75, 3.05) is 0 Å². The highest BCUT2D eigenvalue weighted by atomic mass is 19.4. The summed E-state index contributed by atoms with van der Waals surface area (Å²) in [7, 11) is 0. The number of Topliss-reactive ketones (excluding diaryl/α,β-unsaturated/α-hetero) is 1. The lowest BCUT2D eigenvalue weighted by Gasteiger charge is -2.18. The van der Waals surface area contributed by atoms with Gasteiger partial charge >= 0.3 is 12.4 Å². The zero-order chi connectivity index (χ0) is 20.0. The summed E-state index contributed by atoms with van der Waals surface area (Å²) in [5.74, 6) is -0.373. The number of ketones is 1. The van der Waals surface area contributed by atoms with Crippen molar-refractivity contribution in [2.45, 2.75) is 32.1 Å². The summed E-state index contributed by atoms with van der Waals surface area (Å²) >= 11 is 0. The third kappa shape index (κ3) is 4.07. The van der Waals surface area contributed by atoms with Crippen molar-refractivity contribution in [3.05, 3.63) is 75.4 Å². The van der Waals surface area contributed by atoms with Crippen molar-refractivity contribution in [3.63, 3.8) is 0 Å². The van der Waals surface area contributed by atoms with E-state index < -0.39 is 23.5 Å². The van der Waals surface area contributed by atoms with Crippen LogP contribution >= 0.6 is 0 Å². The maximum Gasteiger partial charge on any atom is 0.416 e. The lowest BCUT2D eigenvalue weighted by atomic mass is 9.85. The van der Waals surface area contributed by atoms with Gasteiger partial charge in [0.15, 0.2) is 5.78 Å². The van der Waals surface area contributed by atoms with Gasteiger partial charge in [0.25, 0.3) is 0 Å². The molecule has 1 aliphatic carbocycles. The molecule has 0 N–H and O–H groups in total. The summed E-state index contributed by atoms with van der Waals surface area (Å²) in [6, 6.07) is 6.55. The summed E-state index contributed by atoms with van der Waals surface area (Å²) in [6.07, 6.45) is -7.97. The number of carbonyl (C=O) groups is 1. The number of rotatable bonds is 1. The molecule has 0 radical (unpaired) electrons. The van der Waals surface area contributed by atoms with Crippen LogP contribution in [0.15, 0.2) is 42.0 Å². The Bertz CT molecular complexity index is 902. The Kier molecular flexibility index (Phi) is 4.66. The number of hydrogen-bond acceptors (Lipinski definition) is 1. The molecule has 0 amide bonds. The first-order valence-electron chi connectivity index (χ1n) is 8.09. The molecule has 7 heteroatoms. The molecule has 142 valence electrons. The van der Waals surface area contributed by atoms with Crippen LogP contribution in [0, 0.1) is 6.92 Å². The molecular formula is C20H14F6O. The Hall–Kier alpha value is -2.57. The van der Waals surface area contributed by atoms with E-state index in [1.54, 1.807) is 12.1 Å². The zero-order valence-electron chi connectivity index (χ0n) is 14.1. The largest absolute Gasteiger partial charge is 0.416 e. The zero-order valence-corrected chi connectivity index (χ0v) is 14.1. The molecule has 2 aromatic carbocycles. The van der Waals surface area contributed by atoms with Crippen molar-refractivity contribution in [1.29, 1.82) is 0 Å². The first-order chi connectivity index (χ1) is 12.4. The van der Waals surface area contributed by atoms with E-state index in [0.717, 1.165) is 17.2 Å². The van der Waals surface area contributed by atoms with Gasteiger partial charge in [-0.3, -0.25) is 4.79 Å². The van der Waals surface area contributed by atoms with E-state index in [0.29, 0.717) is 24.1 Å². The lowest BCUT2D eigenvalue weighted by Crippen LogP contribution is -2.15. The highest BCUT2D eigenvalue weighted by Gasteiger charge is 2.36. The van der Waals surface area contributed by atoms with E-state index in [9.17, 15) is 31.1 Å². The minimum Gasteiger partial charge on any atom is -0.289 e. The molecule has 0 saturated heterocycles. The fraction of sp³-hybridized carbons (Fsp3) is 0.250. The highest BCUT2D eigenvalue weighted by Crippen LogP contribution is 2.37. The van der Waals surface area contributed by atoms with E-state index in [4.69, 9.17) is 0 Å². The average molecular weight is 384 g/mol. The van der Waals surface area contributed by atoms with Crippen LogP contribution in [0.2, 0.25) is 0 Å². The first-order valence-corrected chi connectivity index (χ1v) is 8.09. The predicted octanol–water partition coefficient (Wildman–Crippen LogP) is 6.25. The molecule has 0 atom stereocenters. The van der Waals surface area contributed by atoms with Crippen LogP contribution in [0.4, 0.5) is 26.3 Å². The van der Waals surface area contributed by atoms with Crippen LogP contribution < -0.4 is 0 Å². The van der Waals surface area contributed by atoms with Gasteiger partial charge in [-0.15, -0.1) is 0 Å². The fourth-order valence-electron chi connectivity index (χ4n) is 3.11. The van der Waals surface area contributed by atoms with Crippen LogP contribution in [0.3, 0.4) is 0 Å². The number of fused-ring (bicyclic) bond motifs is 1. The van der Waals surface area contributed by atoms with Gasteiger partial charge < -0.3 is 0 Å². The van der Waals surface area contributed by atoms with Crippen LogP contribution in [-0.2, 0) is 18.8 Å². The van der Waals surface area contributed by atoms with Gasteiger partial charge in [0, 0.05) is 11.1 Å². The molecule has 1 nitrogen and oxygen atoms in total. The second kappa shape index (κ2) is 6.55. The minimum atomic E-state index is -4.92. The number of hydrogen-bond donors (Lipinski definition) is 0. The van der Waals surface area contributed by atoms with Crippen molar-refractivity contribution in [3.8, 4) is 0 Å². The fourth-order valence-corrected chi connectivity index (χ4v) is 3.11. The summed E-state index contributed by atoms with van der Waals surface area (Å²) in [5.41, 5.74) is -0.665. The first kappa shape index (κ1) is 19.2. The molecule has 0 bridgehead atoms. The quantitative estimate of drug-likeness (QED) is 0.420. The molecule has 0 heterocycles. The Morgan fingerprint density at radius 1 is 0.852 bits per heavy atom. The number of alkyl halides is 6. The Morgan fingerprint density at radius 3 is 2.00 bits per heavy atom. The molecule has 0 unspecified atom stereocenters. The lowest BCUT2D eigenvalue weighted by molar-refractivity contribution is -0.143. The molecule has 27 heavy (non-hydrogen) atoms. The van der Waals surface area contributed by atoms with Crippen LogP contribution in [0.25, 0.3) is 6.08 Å². The Labute approximate surface area is 151 Å². The molecule has 0 aliphatic heterocycles. The van der Waals surface area contributed by atoms with Gasteiger partial charge in [0.05, 0.1) is 11.1 Å². The topological polar surface area (TPSA) is 17.1 Å². The number of benzene rings is 2. The summed E-state index contributed by atoms with van der Waals surface area (Å²) in [5, 5.41) is 0. The molecule has 0 saturated carbocycles. The van der Waals surface area contributed by atoms with E-state index in [1.807, 2.05) is 13.0 Å². The summed E-state index contributed by atoms with van der Waals surface area (Å²) in [4.78, 5) is 12.6. The third-order valence-corrected chi connectivity index (χ3v) is 4.41. The molecule has 0 aromatic heterocycles. The van der Waals surface area contributed by atoms with Gasteiger partial charge in [0.1, 0.15) is 0 Å². The highest BCUT2D eigenvalue weighted by molar-refractivity contribution is 6.13. The van der Waals surface area contributed by atoms with E-state index in [-0.39, 0.29) is 29.4 Å². The Balaban J connectivity index is 2.06. The standard InChI is InChI=1S/C20H14F6O/c1-11-2-5-17-13(6-11)3-4-14(18(17)27)7-12-8-15(19(21,22)23)10-16(9-12)20(24,25)26/h2,5-10H,3-4H2,1H3/b14-7+. The minimum absolute atomic E-state index is 0.0722. The average Bonchev–Trinajstić information content (AvgIpc) is 2.55. The number of carbonyl (C=O) groups excluding carboxylic acids is 1. The molecule has 0 fully saturated rings. The second-order valence-corrected chi connectivity index (χ2v) is 6.50.